The standard InChI is InChI=1S/C17H18ClNO3/c1-22-17(21)16(20)15(19)9-11-5-7-12(8-6-11)13-3-2-4-14(18)10-13/h2-8,10,15-16,20H,9,19H2,1H3/t15-,16-/m1/s1. The summed E-state index contributed by atoms with van der Waals surface area (Å²) in [4.78, 5) is 11.2. The number of aliphatic hydroxyl groups excluding tert-OH is 1. The Hall–Kier alpha value is -1.88. The van der Waals surface area contributed by atoms with Crippen LogP contribution in [-0.4, -0.2) is 30.3 Å². The molecule has 0 radical (unpaired) electrons. The van der Waals surface area contributed by atoms with E-state index in [0.717, 1.165) is 16.7 Å². The smallest absolute Gasteiger partial charge is 0.336 e. The number of ether oxygens (including phenoxy) is 1. The number of hydrogen-bond acceptors (Lipinski definition) is 4. The van der Waals surface area contributed by atoms with Crippen molar-refractivity contribution in [2.45, 2.75) is 18.6 Å². The number of nitrogens with two attached hydrogens (primary N) is 1. The van der Waals surface area contributed by atoms with Crippen LogP contribution in [0.5, 0.6) is 0 Å². The topological polar surface area (TPSA) is 72.5 Å². The van der Waals surface area contributed by atoms with Gasteiger partial charge in [-0.05, 0) is 35.2 Å². The maximum atomic E-state index is 11.2. The summed E-state index contributed by atoms with van der Waals surface area (Å²) in [5.41, 5.74) is 8.82. The molecule has 0 bridgehead atoms. The molecule has 0 amide bonds. The molecule has 0 saturated carbocycles. The van der Waals surface area contributed by atoms with Crippen molar-refractivity contribution < 1.29 is 14.6 Å². The maximum Gasteiger partial charge on any atom is 0.336 e. The van der Waals surface area contributed by atoms with E-state index in [1.165, 1.54) is 7.11 Å². The van der Waals surface area contributed by atoms with E-state index in [1.807, 2.05) is 48.5 Å². The molecule has 3 N–H and O–H groups in total. The van der Waals surface area contributed by atoms with Gasteiger partial charge in [-0.15, -0.1) is 0 Å². The first-order valence-corrected chi connectivity index (χ1v) is 7.25. The average Bonchev–Trinajstić information content (AvgIpc) is 2.54. The molecule has 22 heavy (non-hydrogen) atoms. The van der Waals surface area contributed by atoms with Crippen LogP contribution >= 0.6 is 11.6 Å². The van der Waals surface area contributed by atoms with Gasteiger partial charge in [0.2, 0.25) is 0 Å². The second-order valence-corrected chi connectivity index (χ2v) is 5.48. The van der Waals surface area contributed by atoms with Gasteiger partial charge in [0, 0.05) is 11.1 Å². The lowest BCUT2D eigenvalue weighted by molar-refractivity contribution is -0.151. The van der Waals surface area contributed by atoms with Crippen LogP contribution in [0.3, 0.4) is 0 Å². The minimum atomic E-state index is -1.32. The van der Waals surface area contributed by atoms with Crippen LogP contribution in [0.1, 0.15) is 5.56 Å². The third-order valence-corrected chi connectivity index (χ3v) is 3.67. The van der Waals surface area contributed by atoms with E-state index >= 15 is 0 Å². The summed E-state index contributed by atoms with van der Waals surface area (Å²) < 4.78 is 4.48. The molecule has 0 unspecified atom stereocenters. The Balaban J connectivity index is 2.08. The highest BCUT2D eigenvalue weighted by molar-refractivity contribution is 6.30. The third kappa shape index (κ3) is 4.07. The van der Waals surface area contributed by atoms with E-state index in [9.17, 15) is 9.90 Å². The molecule has 2 aromatic rings. The van der Waals surface area contributed by atoms with Crippen molar-refractivity contribution in [3.63, 3.8) is 0 Å². The summed E-state index contributed by atoms with van der Waals surface area (Å²) in [6.45, 7) is 0. The second kappa shape index (κ2) is 7.40. The molecule has 0 spiro atoms. The molecule has 0 aromatic heterocycles. The zero-order valence-corrected chi connectivity index (χ0v) is 13.0. The molecule has 0 saturated heterocycles. The molecule has 0 aliphatic rings. The lowest BCUT2D eigenvalue weighted by Crippen LogP contribution is -2.42. The fourth-order valence-electron chi connectivity index (χ4n) is 2.18. The van der Waals surface area contributed by atoms with E-state index < -0.39 is 18.1 Å². The third-order valence-electron chi connectivity index (χ3n) is 3.43. The van der Waals surface area contributed by atoms with Crippen LogP contribution in [0.15, 0.2) is 48.5 Å². The fraction of sp³-hybridized carbons (Fsp3) is 0.235. The Kier molecular flexibility index (Phi) is 5.55. The molecule has 5 heteroatoms. The highest BCUT2D eigenvalue weighted by Crippen LogP contribution is 2.23. The van der Waals surface area contributed by atoms with Crippen molar-refractivity contribution >= 4 is 17.6 Å². The van der Waals surface area contributed by atoms with E-state index in [-0.39, 0.29) is 0 Å². The van der Waals surface area contributed by atoms with Crippen molar-refractivity contribution in [1.82, 2.24) is 0 Å². The first-order chi connectivity index (χ1) is 10.5. The molecule has 0 fully saturated rings. The molecule has 2 atom stereocenters. The first-order valence-electron chi connectivity index (χ1n) is 6.87. The fourth-order valence-corrected chi connectivity index (χ4v) is 2.37. The summed E-state index contributed by atoms with van der Waals surface area (Å²) in [7, 11) is 1.22. The number of esters is 1. The second-order valence-electron chi connectivity index (χ2n) is 5.04. The Bertz CT molecular complexity index is 643. The van der Waals surface area contributed by atoms with Crippen LogP contribution in [0.25, 0.3) is 11.1 Å². The number of methoxy groups -OCH3 is 1. The molecule has 2 rings (SSSR count). The predicted molar refractivity (Wildman–Crippen MR) is 86.6 cm³/mol. The Morgan fingerprint density at radius 1 is 1.23 bits per heavy atom. The van der Waals surface area contributed by atoms with E-state index in [0.29, 0.717) is 11.4 Å². The quantitative estimate of drug-likeness (QED) is 0.830. The van der Waals surface area contributed by atoms with Gasteiger partial charge in [0.25, 0.3) is 0 Å². The van der Waals surface area contributed by atoms with E-state index in [1.54, 1.807) is 0 Å². The molecule has 0 heterocycles. The lowest BCUT2D eigenvalue weighted by Gasteiger charge is -2.16. The van der Waals surface area contributed by atoms with Crippen molar-refractivity contribution in [2.75, 3.05) is 7.11 Å². The van der Waals surface area contributed by atoms with Crippen molar-refractivity contribution in [3.8, 4) is 11.1 Å². The molecule has 2 aromatic carbocycles. The van der Waals surface area contributed by atoms with Gasteiger partial charge in [0.1, 0.15) is 0 Å². The summed E-state index contributed by atoms with van der Waals surface area (Å²) in [5, 5.41) is 10.4. The van der Waals surface area contributed by atoms with Gasteiger partial charge in [0.15, 0.2) is 6.10 Å². The largest absolute Gasteiger partial charge is 0.467 e. The van der Waals surface area contributed by atoms with Crippen LogP contribution < -0.4 is 5.73 Å². The minimum Gasteiger partial charge on any atom is -0.467 e. The first kappa shape index (κ1) is 16.5. The number of rotatable bonds is 5. The number of aliphatic hydroxyl groups is 1. The Morgan fingerprint density at radius 2 is 1.91 bits per heavy atom. The monoisotopic (exact) mass is 319 g/mol. The number of benzene rings is 2. The molecular weight excluding hydrogens is 302 g/mol. The number of carbonyl (C=O) groups is 1. The number of carbonyl (C=O) groups excluding carboxylic acids is 1. The summed E-state index contributed by atoms with van der Waals surface area (Å²) in [6, 6.07) is 14.6. The van der Waals surface area contributed by atoms with Crippen LogP contribution in [0.2, 0.25) is 5.02 Å². The van der Waals surface area contributed by atoms with Crippen LogP contribution in [-0.2, 0) is 16.0 Å². The van der Waals surface area contributed by atoms with Crippen molar-refractivity contribution in [1.29, 1.82) is 0 Å². The zero-order chi connectivity index (χ0) is 16.1. The van der Waals surface area contributed by atoms with Gasteiger partial charge in [0.05, 0.1) is 7.11 Å². The molecule has 0 aliphatic heterocycles. The normalized spacial score (nSPS) is 13.5. The Labute approximate surface area is 134 Å². The molecule has 4 nitrogen and oxygen atoms in total. The van der Waals surface area contributed by atoms with Crippen molar-refractivity contribution in [2.24, 2.45) is 5.73 Å². The van der Waals surface area contributed by atoms with Gasteiger partial charge in [-0.1, -0.05) is 48.0 Å². The minimum absolute atomic E-state index is 0.381. The summed E-state index contributed by atoms with van der Waals surface area (Å²) in [5.74, 6) is -0.719. The van der Waals surface area contributed by atoms with E-state index in [2.05, 4.69) is 4.74 Å². The van der Waals surface area contributed by atoms with Gasteiger partial charge in [-0.3, -0.25) is 0 Å². The highest BCUT2D eigenvalue weighted by atomic mass is 35.5. The molecule has 0 aliphatic carbocycles. The average molecular weight is 320 g/mol. The van der Waals surface area contributed by atoms with Gasteiger partial charge < -0.3 is 15.6 Å². The van der Waals surface area contributed by atoms with Crippen molar-refractivity contribution in [3.05, 3.63) is 59.1 Å². The maximum absolute atomic E-state index is 11.2. The van der Waals surface area contributed by atoms with E-state index in [4.69, 9.17) is 17.3 Å². The van der Waals surface area contributed by atoms with Gasteiger partial charge >= 0.3 is 5.97 Å². The summed E-state index contributed by atoms with van der Waals surface area (Å²) in [6.07, 6.45) is -0.941. The molecule has 116 valence electrons. The molecular formula is C17H18ClNO3. The van der Waals surface area contributed by atoms with Crippen LogP contribution in [0.4, 0.5) is 0 Å². The van der Waals surface area contributed by atoms with Crippen LogP contribution in [0, 0.1) is 0 Å². The highest BCUT2D eigenvalue weighted by Gasteiger charge is 2.23. The number of halogens is 1. The SMILES string of the molecule is COC(=O)[C@H](O)[C@H](N)Cc1ccc(-c2cccc(Cl)c2)cc1. The Morgan fingerprint density at radius 3 is 2.50 bits per heavy atom. The zero-order valence-electron chi connectivity index (χ0n) is 12.2. The number of hydrogen-bond donors (Lipinski definition) is 2. The lowest BCUT2D eigenvalue weighted by atomic mass is 9.99. The predicted octanol–water partition coefficient (Wildman–Crippen LogP) is 2.41. The summed E-state index contributed by atoms with van der Waals surface area (Å²) >= 11 is 5.98. The van der Waals surface area contributed by atoms with Gasteiger partial charge in [-0.2, -0.15) is 0 Å². The van der Waals surface area contributed by atoms with Gasteiger partial charge in [-0.25, -0.2) is 4.79 Å².